The van der Waals surface area contributed by atoms with Crippen LogP contribution in [0.25, 0.3) is 0 Å². The summed E-state index contributed by atoms with van der Waals surface area (Å²) in [6.45, 7) is 2.24. The first-order valence-electron chi connectivity index (χ1n) is 6.98. The molecular weight excluding hydrogens is 254 g/mol. The van der Waals surface area contributed by atoms with Crippen LogP contribution in [0.15, 0.2) is 0 Å². The van der Waals surface area contributed by atoms with Crippen molar-refractivity contribution >= 4 is 5.97 Å². The number of rotatable bonds is 7. The summed E-state index contributed by atoms with van der Waals surface area (Å²) >= 11 is 0. The minimum atomic E-state index is -2.35. The lowest BCUT2D eigenvalue weighted by Crippen LogP contribution is -2.51. The summed E-state index contributed by atoms with van der Waals surface area (Å²) in [4.78, 5) is 13.1. The number of hydrogen-bond acceptors (Lipinski definition) is 3. The Bertz CT molecular complexity index is 311. The molecule has 0 spiro atoms. The third-order valence-corrected chi connectivity index (χ3v) is 3.85. The van der Waals surface area contributed by atoms with E-state index in [9.17, 15) is 13.6 Å². The van der Waals surface area contributed by atoms with Crippen molar-refractivity contribution in [2.45, 2.75) is 38.2 Å². The molecule has 2 unspecified atom stereocenters. The number of piperidine rings is 1. The molecule has 1 aliphatic carbocycles. The van der Waals surface area contributed by atoms with E-state index < -0.39 is 12.4 Å². The van der Waals surface area contributed by atoms with Gasteiger partial charge in [-0.2, -0.15) is 0 Å². The van der Waals surface area contributed by atoms with Crippen LogP contribution in [0.1, 0.15) is 25.7 Å². The fourth-order valence-electron chi connectivity index (χ4n) is 2.92. The van der Waals surface area contributed by atoms with Gasteiger partial charge in [0.05, 0.1) is 6.54 Å². The number of likely N-dealkylation sites (tertiary alicyclic amines) is 1. The topological polar surface area (TPSA) is 52.6 Å². The summed E-state index contributed by atoms with van der Waals surface area (Å²) in [7, 11) is 0. The lowest BCUT2D eigenvalue weighted by molar-refractivity contribution is -0.138. The number of nitrogens with one attached hydrogen (secondary N) is 1. The van der Waals surface area contributed by atoms with Crippen LogP contribution >= 0.6 is 0 Å². The minimum absolute atomic E-state index is 0.00847. The number of alkyl halides is 2. The van der Waals surface area contributed by atoms with Gasteiger partial charge in [0, 0.05) is 32.1 Å². The molecule has 1 aliphatic heterocycles. The van der Waals surface area contributed by atoms with Crippen LogP contribution in [0.2, 0.25) is 0 Å². The molecule has 110 valence electrons. The van der Waals surface area contributed by atoms with Crippen molar-refractivity contribution in [1.82, 2.24) is 10.2 Å². The summed E-state index contributed by atoms with van der Waals surface area (Å²) in [5, 5.41) is 11.8. The molecule has 0 aromatic carbocycles. The number of carboxylic acid groups (broad SMARTS) is 1. The van der Waals surface area contributed by atoms with Crippen LogP contribution < -0.4 is 5.32 Å². The van der Waals surface area contributed by atoms with Crippen molar-refractivity contribution < 1.29 is 18.7 Å². The standard InChI is InChI=1S/C13H22F2N2O2/c14-12(15)5-16-11-3-10(4-13(18)19)7-17(8-11)6-9-1-2-9/h9-12,16H,1-8H2,(H,18,19). The highest BCUT2D eigenvalue weighted by atomic mass is 19.3. The molecule has 6 heteroatoms. The van der Waals surface area contributed by atoms with Gasteiger partial charge >= 0.3 is 5.97 Å². The predicted molar refractivity (Wildman–Crippen MR) is 67.3 cm³/mol. The zero-order valence-corrected chi connectivity index (χ0v) is 11.0. The quantitative estimate of drug-likeness (QED) is 0.738. The van der Waals surface area contributed by atoms with Gasteiger partial charge < -0.3 is 15.3 Å². The molecule has 0 amide bonds. The molecule has 1 heterocycles. The van der Waals surface area contributed by atoms with Gasteiger partial charge in [-0.3, -0.25) is 4.79 Å². The molecule has 0 radical (unpaired) electrons. The van der Waals surface area contributed by atoms with Crippen LogP contribution in [-0.4, -0.2) is 54.6 Å². The van der Waals surface area contributed by atoms with Gasteiger partial charge in [-0.05, 0) is 31.1 Å². The van der Waals surface area contributed by atoms with Gasteiger partial charge in [0.15, 0.2) is 0 Å². The lowest BCUT2D eigenvalue weighted by Gasteiger charge is -2.38. The summed E-state index contributed by atoms with van der Waals surface area (Å²) < 4.78 is 24.5. The summed E-state index contributed by atoms with van der Waals surface area (Å²) in [5.41, 5.74) is 0. The average molecular weight is 276 g/mol. The van der Waals surface area contributed by atoms with Crippen LogP contribution in [0, 0.1) is 11.8 Å². The maximum atomic E-state index is 12.2. The zero-order valence-electron chi connectivity index (χ0n) is 11.0. The Hall–Kier alpha value is -0.750. The fourth-order valence-corrected chi connectivity index (χ4v) is 2.92. The smallest absolute Gasteiger partial charge is 0.303 e. The fraction of sp³-hybridized carbons (Fsp3) is 0.923. The van der Waals surface area contributed by atoms with E-state index >= 15 is 0 Å². The second-order valence-electron chi connectivity index (χ2n) is 5.86. The largest absolute Gasteiger partial charge is 0.481 e. The molecule has 2 atom stereocenters. The molecule has 0 aromatic rings. The Balaban J connectivity index is 1.84. The zero-order chi connectivity index (χ0) is 13.8. The Kier molecular flexibility index (Phi) is 5.10. The van der Waals surface area contributed by atoms with E-state index in [-0.39, 0.29) is 24.9 Å². The van der Waals surface area contributed by atoms with Crippen molar-refractivity contribution in [1.29, 1.82) is 0 Å². The van der Waals surface area contributed by atoms with Crippen molar-refractivity contribution in [3.63, 3.8) is 0 Å². The van der Waals surface area contributed by atoms with Crippen molar-refractivity contribution in [2.75, 3.05) is 26.2 Å². The molecule has 2 fully saturated rings. The molecule has 0 aromatic heterocycles. The van der Waals surface area contributed by atoms with E-state index in [4.69, 9.17) is 5.11 Å². The summed E-state index contributed by atoms with van der Waals surface area (Å²) in [6, 6.07) is -0.00847. The van der Waals surface area contributed by atoms with E-state index in [0.717, 1.165) is 25.6 Å². The van der Waals surface area contributed by atoms with Gasteiger partial charge in [0.2, 0.25) is 0 Å². The molecular formula is C13H22F2N2O2. The highest BCUT2D eigenvalue weighted by molar-refractivity contribution is 5.67. The van der Waals surface area contributed by atoms with Crippen LogP contribution in [0.5, 0.6) is 0 Å². The SMILES string of the molecule is O=C(O)CC1CC(NCC(F)F)CN(CC2CC2)C1. The van der Waals surface area contributed by atoms with Gasteiger partial charge in [0.25, 0.3) is 6.43 Å². The van der Waals surface area contributed by atoms with Crippen molar-refractivity contribution in [2.24, 2.45) is 11.8 Å². The van der Waals surface area contributed by atoms with E-state index in [2.05, 4.69) is 10.2 Å². The first-order chi connectivity index (χ1) is 9.02. The average Bonchev–Trinajstić information content (AvgIpc) is 3.09. The number of nitrogens with zero attached hydrogens (tertiary/aromatic N) is 1. The maximum Gasteiger partial charge on any atom is 0.303 e. The van der Waals surface area contributed by atoms with E-state index in [1.54, 1.807) is 0 Å². The first kappa shape index (κ1) is 14.7. The van der Waals surface area contributed by atoms with Gasteiger partial charge in [0.1, 0.15) is 0 Å². The van der Waals surface area contributed by atoms with E-state index in [0.29, 0.717) is 6.42 Å². The van der Waals surface area contributed by atoms with Gasteiger partial charge in [-0.1, -0.05) is 0 Å². The molecule has 1 saturated carbocycles. The van der Waals surface area contributed by atoms with Gasteiger partial charge in [-0.25, -0.2) is 8.78 Å². The summed E-state index contributed by atoms with van der Waals surface area (Å²) in [6.07, 6.45) is 0.954. The van der Waals surface area contributed by atoms with Crippen molar-refractivity contribution in [3.05, 3.63) is 0 Å². The number of hydrogen-bond donors (Lipinski definition) is 2. The number of aliphatic carboxylic acids is 1. The monoisotopic (exact) mass is 276 g/mol. The highest BCUT2D eigenvalue weighted by Crippen LogP contribution is 2.31. The number of carbonyl (C=O) groups is 1. The second kappa shape index (κ2) is 6.61. The second-order valence-corrected chi connectivity index (χ2v) is 5.86. The Labute approximate surface area is 112 Å². The molecule has 2 rings (SSSR count). The first-order valence-corrected chi connectivity index (χ1v) is 6.98. The van der Waals surface area contributed by atoms with E-state index in [1.165, 1.54) is 12.8 Å². The molecule has 2 aliphatic rings. The van der Waals surface area contributed by atoms with Crippen LogP contribution in [-0.2, 0) is 4.79 Å². The number of carboxylic acids is 1. The Morgan fingerprint density at radius 3 is 2.63 bits per heavy atom. The molecule has 4 nitrogen and oxygen atoms in total. The Morgan fingerprint density at radius 1 is 1.32 bits per heavy atom. The normalized spacial score (nSPS) is 28.8. The van der Waals surface area contributed by atoms with Gasteiger partial charge in [-0.15, -0.1) is 0 Å². The molecule has 2 N–H and O–H groups in total. The maximum absolute atomic E-state index is 12.2. The molecule has 1 saturated heterocycles. The van der Waals surface area contributed by atoms with Crippen LogP contribution in [0.3, 0.4) is 0 Å². The third-order valence-electron chi connectivity index (χ3n) is 3.85. The van der Waals surface area contributed by atoms with Crippen LogP contribution in [0.4, 0.5) is 8.78 Å². The third kappa shape index (κ3) is 5.40. The number of halogens is 2. The highest BCUT2D eigenvalue weighted by Gasteiger charge is 2.32. The minimum Gasteiger partial charge on any atom is -0.481 e. The predicted octanol–water partition coefficient (Wildman–Crippen LogP) is 1.42. The summed E-state index contributed by atoms with van der Waals surface area (Å²) in [5.74, 6) is 0.00498. The lowest BCUT2D eigenvalue weighted by atomic mass is 9.91. The Morgan fingerprint density at radius 2 is 2.05 bits per heavy atom. The molecule has 19 heavy (non-hydrogen) atoms. The van der Waals surface area contributed by atoms with E-state index in [1.807, 2.05) is 0 Å². The van der Waals surface area contributed by atoms with Crippen molar-refractivity contribution in [3.8, 4) is 0 Å². The molecule has 0 bridgehead atoms.